The highest BCUT2D eigenvalue weighted by Gasteiger charge is 2.38. The Morgan fingerprint density at radius 3 is 2.25 bits per heavy atom. The fraction of sp³-hybridized carbons (Fsp3) is 1.00. The molecule has 1 fully saturated rings. The molecule has 1 aliphatic carbocycles. The molecule has 0 aromatic heterocycles. The minimum Gasteiger partial charge on any atom is -0.328 e. The normalized spacial score (nSPS) is 41.2. The van der Waals surface area contributed by atoms with E-state index in [1.807, 2.05) is 7.05 Å². The monoisotopic (exact) mass is 170 g/mol. The van der Waals surface area contributed by atoms with E-state index >= 15 is 0 Å². The number of rotatable bonds is 1. The smallest absolute Gasteiger partial charge is 0.0170 e. The van der Waals surface area contributed by atoms with Crippen LogP contribution in [0, 0.1) is 5.41 Å². The fourth-order valence-corrected chi connectivity index (χ4v) is 2.75. The minimum absolute atomic E-state index is 0.251. The lowest BCUT2D eigenvalue weighted by molar-refractivity contribution is 0.123. The molecule has 0 radical (unpaired) electrons. The fourth-order valence-electron chi connectivity index (χ4n) is 2.75. The van der Waals surface area contributed by atoms with E-state index in [0.717, 1.165) is 12.8 Å². The third-order valence-electron chi connectivity index (χ3n) is 3.00. The molecular weight excluding hydrogens is 148 g/mol. The molecule has 2 unspecified atom stereocenters. The number of hydrogen-bond donors (Lipinski definition) is 2. The Hall–Kier alpha value is -0.0800. The summed E-state index contributed by atoms with van der Waals surface area (Å²) in [4.78, 5) is 0. The SMILES string of the molecule is CNC1(C)CC(N)CC(C)(C)C1. The number of nitrogens with two attached hydrogens (primary N) is 1. The molecule has 0 aromatic carbocycles. The first-order valence-corrected chi connectivity index (χ1v) is 4.81. The van der Waals surface area contributed by atoms with Crippen molar-refractivity contribution in [3.8, 4) is 0 Å². The molecule has 0 aliphatic heterocycles. The van der Waals surface area contributed by atoms with Gasteiger partial charge >= 0.3 is 0 Å². The van der Waals surface area contributed by atoms with Crippen LogP contribution >= 0.6 is 0 Å². The van der Waals surface area contributed by atoms with E-state index in [0.29, 0.717) is 11.5 Å². The first kappa shape index (κ1) is 10.0. The topological polar surface area (TPSA) is 38.0 Å². The van der Waals surface area contributed by atoms with Gasteiger partial charge in [-0.05, 0) is 38.6 Å². The lowest BCUT2D eigenvalue weighted by Gasteiger charge is -2.45. The van der Waals surface area contributed by atoms with Gasteiger partial charge in [0.05, 0.1) is 0 Å². The van der Waals surface area contributed by atoms with E-state index in [-0.39, 0.29) is 5.54 Å². The van der Waals surface area contributed by atoms with Gasteiger partial charge in [0.25, 0.3) is 0 Å². The molecule has 12 heavy (non-hydrogen) atoms. The highest BCUT2D eigenvalue weighted by atomic mass is 14.9. The molecule has 0 saturated heterocycles. The summed E-state index contributed by atoms with van der Waals surface area (Å²) in [6.45, 7) is 6.89. The van der Waals surface area contributed by atoms with Crippen LogP contribution in [0.2, 0.25) is 0 Å². The van der Waals surface area contributed by atoms with Gasteiger partial charge in [-0.3, -0.25) is 0 Å². The summed E-state index contributed by atoms with van der Waals surface area (Å²) in [6, 6.07) is 0.367. The third-order valence-corrected chi connectivity index (χ3v) is 3.00. The second-order valence-electron chi connectivity index (χ2n) is 5.32. The maximum atomic E-state index is 6.02. The van der Waals surface area contributed by atoms with Gasteiger partial charge in [-0.2, -0.15) is 0 Å². The Morgan fingerprint density at radius 2 is 1.83 bits per heavy atom. The van der Waals surface area contributed by atoms with E-state index in [4.69, 9.17) is 5.73 Å². The van der Waals surface area contributed by atoms with Crippen LogP contribution in [0.5, 0.6) is 0 Å². The summed E-state index contributed by atoms with van der Waals surface area (Å²) in [5.41, 5.74) is 6.67. The predicted molar refractivity (Wildman–Crippen MR) is 53.1 cm³/mol. The van der Waals surface area contributed by atoms with Crippen molar-refractivity contribution >= 4 is 0 Å². The summed E-state index contributed by atoms with van der Waals surface area (Å²) in [5.74, 6) is 0. The van der Waals surface area contributed by atoms with E-state index < -0.39 is 0 Å². The van der Waals surface area contributed by atoms with Gasteiger partial charge in [0, 0.05) is 11.6 Å². The summed E-state index contributed by atoms with van der Waals surface area (Å²) in [5, 5.41) is 3.39. The maximum absolute atomic E-state index is 6.02. The lowest BCUT2D eigenvalue weighted by atomic mass is 9.67. The van der Waals surface area contributed by atoms with Crippen molar-refractivity contribution in [3.05, 3.63) is 0 Å². The van der Waals surface area contributed by atoms with Crippen LogP contribution in [0.1, 0.15) is 40.0 Å². The van der Waals surface area contributed by atoms with Gasteiger partial charge in [-0.1, -0.05) is 13.8 Å². The lowest BCUT2D eigenvalue weighted by Crippen LogP contribution is -2.52. The van der Waals surface area contributed by atoms with Crippen LogP contribution in [-0.4, -0.2) is 18.6 Å². The predicted octanol–water partition coefficient (Wildman–Crippen LogP) is 1.50. The molecule has 0 spiro atoms. The molecule has 3 N–H and O–H groups in total. The minimum atomic E-state index is 0.251. The van der Waals surface area contributed by atoms with Gasteiger partial charge in [-0.15, -0.1) is 0 Å². The van der Waals surface area contributed by atoms with Crippen molar-refractivity contribution in [2.45, 2.75) is 51.6 Å². The summed E-state index contributed by atoms with van der Waals surface area (Å²) in [6.07, 6.45) is 3.49. The van der Waals surface area contributed by atoms with Crippen LogP contribution in [0.25, 0.3) is 0 Å². The number of hydrogen-bond acceptors (Lipinski definition) is 2. The molecule has 2 heteroatoms. The largest absolute Gasteiger partial charge is 0.328 e. The molecule has 0 amide bonds. The third kappa shape index (κ3) is 2.20. The Bertz CT molecular complexity index is 165. The molecule has 0 heterocycles. The average molecular weight is 170 g/mol. The second kappa shape index (κ2) is 3.00. The van der Waals surface area contributed by atoms with Crippen LogP contribution < -0.4 is 11.1 Å². The van der Waals surface area contributed by atoms with E-state index in [1.165, 1.54) is 6.42 Å². The molecule has 72 valence electrons. The molecule has 1 aliphatic rings. The molecule has 1 saturated carbocycles. The van der Waals surface area contributed by atoms with Gasteiger partial charge in [0.15, 0.2) is 0 Å². The maximum Gasteiger partial charge on any atom is 0.0170 e. The Balaban J connectivity index is 2.70. The van der Waals surface area contributed by atoms with Crippen LogP contribution in [0.3, 0.4) is 0 Å². The van der Waals surface area contributed by atoms with Crippen molar-refractivity contribution < 1.29 is 0 Å². The molecular formula is C10H22N2. The second-order valence-corrected chi connectivity index (χ2v) is 5.32. The quantitative estimate of drug-likeness (QED) is 0.626. The van der Waals surface area contributed by atoms with Crippen molar-refractivity contribution in [1.29, 1.82) is 0 Å². The van der Waals surface area contributed by atoms with Gasteiger partial charge in [0.2, 0.25) is 0 Å². The zero-order chi connectivity index (χ0) is 9.41. The van der Waals surface area contributed by atoms with Crippen molar-refractivity contribution in [2.75, 3.05) is 7.05 Å². The van der Waals surface area contributed by atoms with E-state index in [1.54, 1.807) is 0 Å². The Morgan fingerprint density at radius 1 is 1.25 bits per heavy atom. The highest BCUT2D eigenvalue weighted by Crippen LogP contribution is 2.39. The van der Waals surface area contributed by atoms with E-state index in [9.17, 15) is 0 Å². The van der Waals surface area contributed by atoms with Gasteiger partial charge in [0.1, 0.15) is 0 Å². The molecule has 2 atom stereocenters. The standard InChI is InChI=1S/C10H22N2/c1-9(2)5-8(11)6-10(3,7-9)12-4/h8,12H,5-7,11H2,1-4H3. The van der Waals surface area contributed by atoms with E-state index in [2.05, 4.69) is 26.1 Å². The van der Waals surface area contributed by atoms with Crippen molar-refractivity contribution in [1.82, 2.24) is 5.32 Å². The Labute approximate surface area is 75.9 Å². The highest BCUT2D eigenvalue weighted by molar-refractivity contribution is 4.97. The van der Waals surface area contributed by atoms with Gasteiger partial charge < -0.3 is 11.1 Å². The first-order chi connectivity index (χ1) is 5.37. The molecule has 0 aromatic rings. The van der Waals surface area contributed by atoms with Crippen LogP contribution in [0.15, 0.2) is 0 Å². The Kier molecular flexibility index (Phi) is 2.50. The van der Waals surface area contributed by atoms with Gasteiger partial charge in [-0.25, -0.2) is 0 Å². The zero-order valence-corrected chi connectivity index (χ0v) is 8.78. The summed E-state index contributed by atoms with van der Waals surface area (Å²) >= 11 is 0. The first-order valence-electron chi connectivity index (χ1n) is 4.81. The molecule has 1 rings (SSSR count). The van der Waals surface area contributed by atoms with Crippen LogP contribution in [-0.2, 0) is 0 Å². The zero-order valence-electron chi connectivity index (χ0n) is 8.78. The van der Waals surface area contributed by atoms with Crippen LogP contribution in [0.4, 0.5) is 0 Å². The molecule has 0 bridgehead atoms. The molecule has 2 nitrogen and oxygen atoms in total. The van der Waals surface area contributed by atoms with Crippen molar-refractivity contribution in [3.63, 3.8) is 0 Å². The average Bonchev–Trinajstić information content (AvgIpc) is 1.82. The summed E-state index contributed by atoms with van der Waals surface area (Å²) < 4.78 is 0. The number of nitrogens with one attached hydrogen (secondary N) is 1. The summed E-state index contributed by atoms with van der Waals surface area (Å²) in [7, 11) is 2.04. The van der Waals surface area contributed by atoms with Crippen molar-refractivity contribution in [2.24, 2.45) is 11.1 Å².